The van der Waals surface area contributed by atoms with Gasteiger partial charge in [0, 0.05) is 25.3 Å². The van der Waals surface area contributed by atoms with Crippen LogP contribution < -0.4 is 4.90 Å². The van der Waals surface area contributed by atoms with E-state index in [9.17, 15) is 4.79 Å². The summed E-state index contributed by atoms with van der Waals surface area (Å²) in [6.07, 6.45) is 3.57. The first-order chi connectivity index (χ1) is 13.1. The summed E-state index contributed by atoms with van der Waals surface area (Å²) in [6.45, 7) is 0. The lowest BCUT2D eigenvalue weighted by atomic mass is 9.94. The molecular weight excluding hydrogens is 330 g/mol. The van der Waals surface area contributed by atoms with Gasteiger partial charge in [0.15, 0.2) is 5.78 Å². The number of rotatable bonds is 4. The minimum atomic E-state index is 0.0275. The third-order valence-corrected chi connectivity index (χ3v) is 4.85. The molecule has 0 N–H and O–H groups in total. The van der Waals surface area contributed by atoms with Crippen LogP contribution in [0.15, 0.2) is 84.9 Å². The molecule has 0 aromatic heterocycles. The molecule has 0 spiro atoms. The van der Waals surface area contributed by atoms with Crippen molar-refractivity contribution in [1.82, 2.24) is 0 Å². The highest BCUT2D eigenvalue weighted by Crippen LogP contribution is 2.29. The van der Waals surface area contributed by atoms with E-state index in [0.29, 0.717) is 0 Å². The molecule has 2 nitrogen and oxygen atoms in total. The summed E-state index contributed by atoms with van der Waals surface area (Å²) in [7, 11) is 4.03. The van der Waals surface area contributed by atoms with Gasteiger partial charge in [-0.05, 0) is 51.4 Å². The summed E-state index contributed by atoms with van der Waals surface area (Å²) in [6, 6.07) is 26.4. The van der Waals surface area contributed by atoms with Gasteiger partial charge >= 0.3 is 0 Å². The number of ketones is 1. The SMILES string of the molecule is CN(C)c1ccc(/C=C/C(=O)c2c3ccccc3cc3ccccc23)cc1. The third-order valence-electron chi connectivity index (χ3n) is 4.85. The molecule has 4 aromatic carbocycles. The van der Waals surface area contributed by atoms with E-state index in [2.05, 4.69) is 35.2 Å². The van der Waals surface area contributed by atoms with Crippen molar-refractivity contribution in [1.29, 1.82) is 0 Å². The van der Waals surface area contributed by atoms with E-state index in [1.54, 1.807) is 6.08 Å². The van der Waals surface area contributed by atoms with Crippen molar-refractivity contribution in [3.05, 3.63) is 96.1 Å². The van der Waals surface area contributed by atoms with Crippen LogP contribution in [-0.2, 0) is 0 Å². The number of carbonyl (C=O) groups is 1. The molecule has 0 amide bonds. The van der Waals surface area contributed by atoms with Gasteiger partial charge in [0.25, 0.3) is 0 Å². The summed E-state index contributed by atoms with van der Waals surface area (Å²) < 4.78 is 0. The Morgan fingerprint density at radius 3 is 1.89 bits per heavy atom. The maximum atomic E-state index is 13.1. The number of fused-ring (bicyclic) bond motifs is 2. The fourth-order valence-electron chi connectivity index (χ4n) is 3.42. The first-order valence-corrected chi connectivity index (χ1v) is 9.04. The Bertz CT molecular complexity index is 1100. The smallest absolute Gasteiger partial charge is 0.187 e. The number of nitrogens with zero attached hydrogens (tertiary/aromatic N) is 1. The summed E-state index contributed by atoms with van der Waals surface area (Å²) in [5, 5.41) is 4.16. The molecule has 0 saturated carbocycles. The van der Waals surface area contributed by atoms with Gasteiger partial charge < -0.3 is 4.90 Å². The highest BCUT2D eigenvalue weighted by molar-refractivity contribution is 6.23. The lowest BCUT2D eigenvalue weighted by Gasteiger charge is -2.11. The minimum Gasteiger partial charge on any atom is -0.378 e. The number of benzene rings is 4. The van der Waals surface area contributed by atoms with E-state index >= 15 is 0 Å². The second kappa shape index (κ2) is 7.08. The van der Waals surface area contributed by atoms with Crippen LogP contribution in [0.5, 0.6) is 0 Å². The van der Waals surface area contributed by atoms with Gasteiger partial charge in [-0.2, -0.15) is 0 Å². The predicted molar refractivity (Wildman–Crippen MR) is 116 cm³/mol. The topological polar surface area (TPSA) is 20.3 Å². The van der Waals surface area contributed by atoms with E-state index in [-0.39, 0.29) is 5.78 Å². The van der Waals surface area contributed by atoms with Crippen LogP contribution in [0.3, 0.4) is 0 Å². The summed E-state index contributed by atoms with van der Waals surface area (Å²) in [5.41, 5.74) is 2.92. The van der Waals surface area contributed by atoms with Gasteiger partial charge in [-0.1, -0.05) is 66.7 Å². The van der Waals surface area contributed by atoms with E-state index in [0.717, 1.165) is 38.4 Å². The Kier molecular flexibility index (Phi) is 4.47. The normalized spacial score (nSPS) is 11.3. The Morgan fingerprint density at radius 2 is 1.33 bits per heavy atom. The van der Waals surface area contributed by atoms with E-state index in [4.69, 9.17) is 0 Å². The minimum absolute atomic E-state index is 0.0275. The van der Waals surface area contributed by atoms with Crippen LogP contribution in [0, 0.1) is 0 Å². The molecule has 0 aliphatic heterocycles. The van der Waals surface area contributed by atoms with Crippen molar-refractivity contribution < 1.29 is 4.79 Å². The quantitative estimate of drug-likeness (QED) is 0.257. The number of allylic oxidation sites excluding steroid dienone is 1. The van der Waals surface area contributed by atoms with Crippen LogP contribution in [0.4, 0.5) is 5.69 Å². The third kappa shape index (κ3) is 3.34. The molecule has 2 heteroatoms. The largest absolute Gasteiger partial charge is 0.378 e. The maximum Gasteiger partial charge on any atom is 0.187 e. The van der Waals surface area contributed by atoms with Gasteiger partial charge in [-0.3, -0.25) is 4.79 Å². The van der Waals surface area contributed by atoms with Crippen molar-refractivity contribution in [2.75, 3.05) is 19.0 Å². The highest BCUT2D eigenvalue weighted by atomic mass is 16.1. The molecule has 0 aliphatic rings. The average molecular weight is 351 g/mol. The zero-order valence-electron chi connectivity index (χ0n) is 15.5. The second-order valence-corrected chi connectivity index (χ2v) is 6.88. The average Bonchev–Trinajstić information content (AvgIpc) is 2.70. The van der Waals surface area contributed by atoms with Gasteiger partial charge in [0.05, 0.1) is 0 Å². The van der Waals surface area contributed by atoms with Crippen molar-refractivity contribution in [3.8, 4) is 0 Å². The molecule has 0 heterocycles. The van der Waals surface area contributed by atoms with Gasteiger partial charge in [0.1, 0.15) is 0 Å². The summed E-state index contributed by atoms with van der Waals surface area (Å²) in [4.78, 5) is 15.2. The summed E-state index contributed by atoms with van der Waals surface area (Å²) in [5.74, 6) is 0.0275. The predicted octanol–water partition coefficient (Wildman–Crippen LogP) is 5.96. The van der Waals surface area contributed by atoms with Gasteiger partial charge in [0.2, 0.25) is 0 Å². The van der Waals surface area contributed by atoms with E-state index < -0.39 is 0 Å². The lowest BCUT2D eigenvalue weighted by Crippen LogP contribution is -2.07. The fraction of sp³-hybridized carbons (Fsp3) is 0.0800. The summed E-state index contributed by atoms with van der Waals surface area (Å²) >= 11 is 0. The van der Waals surface area contributed by atoms with E-state index in [1.165, 1.54) is 0 Å². The number of hydrogen-bond acceptors (Lipinski definition) is 2. The molecule has 0 bridgehead atoms. The van der Waals surface area contributed by atoms with E-state index in [1.807, 2.05) is 68.7 Å². The number of hydrogen-bond donors (Lipinski definition) is 0. The fourth-order valence-corrected chi connectivity index (χ4v) is 3.42. The first-order valence-electron chi connectivity index (χ1n) is 9.04. The zero-order valence-corrected chi connectivity index (χ0v) is 15.5. The monoisotopic (exact) mass is 351 g/mol. The molecular formula is C25H21NO. The molecule has 27 heavy (non-hydrogen) atoms. The second-order valence-electron chi connectivity index (χ2n) is 6.88. The molecule has 4 aromatic rings. The molecule has 0 atom stereocenters. The number of anilines is 1. The Morgan fingerprint density at radius 1 is 0.778 bits per heavy atom. The van der Waals surface area contributed by atoms with Gasteiger partial charge in [-0.15, -0.1) is 0 Å². The molecule has 4 rings (SSSR count). The Labute approximate surface area is 159 Å². The van der Waals surface area contributed by atoms with Gasteiger partial charge in [-0.25, -0.2) is 0 Å². The molecule has 132 valence electrons. The van der Waals surface area contributed by atoms with Crippen LogP contribution in [-0.4, -0.2) is 19.9 Å². The van der Waals surface area contributed by atoms with Crippen molar-refractivity contribution in [2.45, 2.75) is 0 Å². The molecule has 0 saturated heterocycles. The zero-order chi connectivity index (χ0) is 18.8. The highest BCUT2D eigenvalue weighted by Gasteiger charge is 2.12. The number of carbonyl (C=O) groups excluding carboxylic acids is 1. The van der Waals surface area contributed by atoms with Crippen LogP contribution >= 0.6 is 0 Å². The molecule has 0 radical (unpaired) electrons. The molecule has 0 fully saturated rings. The standard InChI is InChI=1S/C25H21NO/c1-26(2)21-14-11-18(12-15-21)13-16-24(27)25-22-9-5-3-7-19(22)17-20-8-4-6-10-23(20)25/h3-17H,1-2H3/b16-13+. The van der Waals surface area contributed by atoms with Crippen LogP contribution in [0.1, 0.15) is 15.9 Å². The van der Waals surface area contributed by atoms with Crippen LogP contribution in [0.25, 0.3) is 27.6 Å². The Balaban J connectivity index is 1.77. The molecule has 0 unspecified atom stereocenters. The van der Waals surface area contributed by atoms with Crippen molar-refractivity contribution in [3.63, 3.8) is 0 Å². The Hall–Kier alpha value is -3.39. The van der Waals surface area contributed by atoms with Crippen molar-refractivity contribution >= 4 is 39.1 Å². The lowest BCUT2D eigenvalue weighted by molar-refractivity contribution is 0.105. The van der Waals surface area contributed by atoms with Crippen molar-refractivity contribution in [2.24, 2.45) is 0 Å². The molecule has 0 aliphatic carbocycles. The maximum absolute atomic E-state index is 13.1. The van der Waals surface area contributed by atoms with Crippen LogP contribution in [0.2, 0.25) is 0 Å². The first kappa shape index (κ1) is 17.0.